The van der Waals surface area contributed by atoms with Crippen molar-refractivity contribution in [3.63, 3.8) is 0 Å². The van der Waals surface area contributed by atoms with Crippen molar-refractivity contribution < 1.29 is 62.9 Å². The summed E-state index contributed by atoms with van der Waals surface area (Å²) < 4.78 is 117. The van der Waals surface area contributed by atoms with Crippen LogP contribution in [0.2, 0.25) is 0 Å². The minimum Gasteiger partial charge on any atom is -0.744 e. The van der Waals surface area contributed by atoms with E-state index in [1.54, 1.807) is 25.3 Å². The molecule has 2 atom stereocenters. The molecule has 0 bridgehead atoms. The summed E-state index contributed by atoms with van der Waals surface area (Å²) in [5.41, 5.74) is 1.99. The van der Waals surface area contributed by atoms with Crippen LogP contribution in [0.3, 0.4) is 0 Å². The molecule has 15 nitrogen and oxygen atoms in total. The number of hydrogen-bond acceptors (Lipinski definition) is 11. The molecule has 3 N–H and O–H groups in total. The summed E-state index contributed by atoms with van der Waals surface area (Å²) in [6.45, 7) is 5.08. The van der Waals surface area contributed by atoms with Gasteiger partial charge in [-0.15, -0.1) is 0 Å². The van der Waals surface area contributed by atoms with Gasteiger partial charge in [-0.3, -0.25) is 13.9 Å². The first kappa shape index (κ1) is 43.2. The summed E-state index contributed by atoms with van der Waals surface area (Å²) >= 11 is 0. The van der Waals surface area contributed by atoms with Gasteiger partial charge >= 0.3 is 5.97 Å². The molecule has 54 heavy (non-hydrogen) atoms. The van der Waals surface area contributed by atoms with Gasteiger partial charge in [-0.05, 0) is 87.9 Å². The number of ether oxygens (including phenoxy) is 2. The molecule has 0 amide bonds. The van der Waals surface area contributed by atoms with Crippen molar-refractivity contribution in [2.45, 2.75) is 79.4 Å². The molecule has 2 aliphatic heterocycles. The Balaban J connectivity index is 1.90. The van der Waals surface area contributed by atoms with Crippen LogP contribution in [0.4, 0.5) is 11.4 Å². The standard InChI is InChI=1S/C36H48N2O13S3/c1-35(17-9-23-52(41,42)43)28-24-26(53(44,45)46)14-16-31(28)38(20-22-51-4)32(35)10-8-11-33-36(2,18-21-50-3)29-25-27(54(47,48)49)13-15-30(29)37(33)19-7-5-6-12-34(39)40/h8,10-11,13-16,24-25H,5-7,9,12,17-23H2,1-4H3,(H3-,39,40,41,42,43,44,45,46,47,48,49). The zero-order chi connectivity index (χ0) is 40.1. The van der Waals surface area contributed by atoms with E-state index in [-0.39, 0.29) is 42.3 Å². The van der Waals surface area contributed by atoms with Crippen molar-refractivity contribution >= 4 is 53.4 Å². The van der Waals surface area contributed by atoms with Gasteiger partial charge in [0, 0.05) is 74.7 Å². The molecule has 2 unspecified atom stereocenters. The molecular formula is C36H48N2O13S3. The third-order valence-electron chi connectivity index (χ3n) is 10.2. The molecule has 2 aromatic carbocycles. The normalized spacial score (nSPS) is 21.0. The van der Waals surface area contributed by atoms with Gasteiger partial charge in [0.05, 0.1) is 27.6 Å². The van der Waals surface area contributed by atoms with Crippen LogP contribution in [0.1, 0.15) is 69.9 Å². The van der Waals surface area contributed by atoms with Gasteiger partial charge < -0.3 is 24.0 Å². The van der Waals surface area contributed by atoms with E-state index in [0.29, 0.717) is 67.0 Å². The van der Waals surface area contributed by atoms with Crippen LogP contribution in [-0.2, 0) is 55.5 Å². The van der Waals surface area contributed by atoms with Crippen LogP contribution >= 0.6 is 0 Å². The quantitative estimate of drug-likeness (QED) is 0.0957. The second-order valence-electron chi connectivity index (χ2n) is 13.9. The third kappa shape index (κ3) is 9.84. The van der Waals surface area contributed by atoms with Gasteiger partial charge in [0.1, 0.15) is 16.7 Å². The maximum Gasteiger partial charge on any atom is 0.303 e. The molecule has 0 fully saturated rings. The fraction of sp³-hybridized carbons (Fsp3) is 0.500. The molecule has 18 heteroatoms. The van der Waals surface area contributed by atoms with E-state index in [2.05, 4.69) is 0 Å². The van der Waals surface area contributed by atoms with Crippen molar-refractivity contribution in [3.05, 3.63) is 71.5 Å². The summed E-state index contributed by atoms with van der Waals surface area (Å²) in [7, 11) is -10.6. The fourth-order valence-electron chi connectivity index (χ4n) is 7.44. The van der Waals surface area contributed by atoms with Crippen molar-refractivity contribution in [3.8, 4) is 0 Å². The average Bonchev–Trinajstić information content (AvgIpc) is 3.44. The lowest BCUT2D eigenvalue weighted by Gasteiger charge is -2.30. The number of anilines is 1. The van der Waals surface area contributed by atoms with Gasteiger partial charge in [-0.1, -0.05) is 6.08 Å². The Labute approximate surface area is 317 Å². The SMILES string of the molecule is COCCN1C(=CC=CC2=[N+](CCCCCC(=O)O)c3ccc(S(=O)(=O)[O-])cc3C2(C)CCOC)C(C)(CCCS(=O)(=O)O)c2cc(S(=O)(=O)O)ccc21. The van der Waals surface area contributed by atoms with Crippen LogP contribution in [0.15, 0.2) is 70.1 Å². The molecule has 0 radical (unpaired) electrons. The summed E-state index contributed by atoms with van der Waals surface area (Å²) in [6.07, 6.45) is 7.78. The van der Waals surface area contributed by atoms with E-state index in [9.17, 15) is 43.7 Å². The molecular weight excluding hydrogens is 765 g/mol. The minimum absolute atomic E-state index is 0.0203. The number of nitrogens with zero attached hydrogens (tertiary/aromatic N) is 2. The number of carboxylic acids is 1. The maximum absolute atomic E-state index is 12.2. The van der Waals surface area contributed by atoms with Crippen LogP contribution < -0.4 is 4.90 Å². The lowest BCUT2D eigenvalue weighted by atomic mass is 9.76. The number of rotatable bonds is 20. The van der Waals surface area contributed by atoms with E-state index in [4.69, 9.17) is 14.6 Å². The smallest absolute Gasteiger partial charge is 0.303 e. The van der Waals surface area contributed by atoms with Gasteiger partial charge in [0.25, 0.3) is 20.2 Å². The van der Waals surface area contributed by atoms with E-state index in [0.717, 1.165) is 5.71 Å². The largest absolute Gasteiger partial charge is 0.744 e. The molecule has 0 saturated heterocycles. The predicted octanol–water partition coefficient (Wildman–Crippen LogP) is 4.41. The maximum atomic E-state index is 12.2. The van der Waals surface area contributed by atoms with Crippen molar-refractivity contribution in [1.29, 1.82) is 0 Å². The molecule has 2 aliphatic rings. The molecule has 2 heterocycles. The van der Waals surface area contributed by atoms with Gasteiger partial charge in [-0.25, -0.2) is 8.42 Å². The van der Waals surface area contributed by atoms with Crippen LogP contribution in [0, 0.1) is 0 Å². The number of carboxylic acid groups (broad SMARTS) is 1. The topological polar surface area (TPSA) is 228 Å². The number of carbonyl (C=O) groups is 1. The number of allylic oxidation sites excluding steroid dienone is 4. The highest BCUT2D eigenvalue weighted by atomic mass is 32.2. The number of unbranched alkanes of at least 4 members (excludes halogenated alkanes) is 2. The van der Waals surface area contributed by atoms with Crippen molar-refractivity contribution in [2.24, 2.45) is 0 Å². The summed E-state index contributed by atoms with van der Waals surface area (Å²) in [6, 6.07) is 8.47. The minimum atomic E-state index is -4.79. The number of aliphatic carboxylic acids is 1. The Kier molecular flexibility index (Phi) is 13.7. The zero-order valence-corrected chi connectivity index (χ0v) is 33.2. The lowest BCUT2D eigenvalue weighted by Crippen LogP contribution is -2.33. The van der Waals surface area contributed by atoms with E-state index in [1.807, 2.05) is 35.5 Å². The second kappa shape index (κ2) is 17.1. The number of fused-ring (bicyclic) bond motifs is 2. The Bertz CT molecular complexity index is 2160. The number of hydrogen-bond donors (Lipinski definition) is 3. The first-order chi connectivity index (χ1) is 25.2. The van der Waals surface area contributed by atoms with Crippen LogP contribution in [-0.4, -0.2) is 107 Å². The number of methoxy groups -OCH3 is 2. The molecule has 298 valence electrons. The van der Waals surface area contributed by atoms with Gasteiger partial charge in [-0.2, -0.15) is 21.4 Å². The van der Waals surface area contributed by atoms with E-state index >= 15 is 0 Å². The van der Waals surface area contributed by atoms with Crippen LogP contribution in [0.5, 0.6) is 0 Å². The Morgan fingerprint density at radius 1 is 0.870 bits per heavy atom. The first-order valence-electron chi connectivity index (χ1n) is 17.4. The highest BCUT2D eigenvalue weighted by molar-refractivity contribution is 7.86. The van der Waals surface area contributed by atoms with E-state index in [1.165, 1.54) is 31.4 Å². The average molecular weight is 813 g/mol. The van der Waals surface area contributed by atoms with Crippen molar-refractivity contribution in [2.75, 3.05) is 51.2 Å². The summed E-state index contributed by atoms with van der Waals surface area (Å²) in [4.78, 5) is 12.3. The highest BCUT2D eigenvalue weighted by Gasteiger charge is 2.48. The fourth-order valence-corrected chi connectivity index (χ4v) is 8.95. The summed E-state index contributed by atoms with van der Waals surface area (Å²) in [5.74, 6) is -1.43. The van der Waals surface area contributed by atoms with E-state index < -0.39 is 52.9 Å². The molecule has 0 spiro atoms. The van der Waals surface area contributed by atoms with Crippen LogP contribution in [0.25, 0.3) is 0 Å². The molecule has 0 aliphatic carbocycles. The number of benzene rings is 2. The van der Waals surface area contributed by atoms with Crippen molar-refractivity contribution in [1.82, 2.24) is 0 Å². The van der Waals surface area contributed by atoms with Gasteiger partial charge in [0.15, 0.2) is 5.71 Å². The monoisotopic (exact) mass is 812 g/mol. The second-order valence-corrected chi connectivity index (χ2v) is 18.3. The molecule has 2 aromatic rings. The molecule has 0 aromatic heterocycles. The first-order valence-corrected chi connectivity index (χ1v) is 21.8. The Morgan fingerprint density at radius 3 is 2.15 bits per heavy atom. The third-order valence-corrected chi connectivity index (χ3v) is 12.7. The lowest BCUT2D eigenvalue weighted by molar-refractivity contribution is -0.438. The Morgan fingerprint density at radius 2 is 1.54 bits per heavy atom. The molecule has 4 rings (SSSR count). The zero-order valence-electron chi connectivity index (χ0n) is 30.7. The van der Waals surface area contributed by atoms with Gasteiger partial charge in [0.2, 0.25) is 5.69 Å². The molecule has 0 saturated carbocycles. The highest BCUT2D eigenvalue weighted by Crippen LogP contribution is 2.51. The summed E-state index contributed by atoms with van der Waals surface area (Å²) in [5, 5.41) is 9.12. The Hall–Kier alpha value is -3.49. The predicted molar refractivity (Wildman–Crippen MR) is 200 cm³/mol.